The van der Waals surface area contributed by atoms with Crippen LogP contribution in [0.1, 0.15) is 25.1 Å². The summed E-state index contributed by atoms with van der Waals surface area (Å²) in [4.78, 5) is 10.8. The van der Waals surface area contributed by atoms with Gasteiger partial charge in [0.1, 0.15) is 11.6 Å². The van der Waals surface area contributed by atoms with Gasteiger partial charge in [-0.05, 0) is 44.8 Å². The van der Waals surface area contributed by atoms with Gasteiger partial charge in [0, 0.05) is 19.3 Å². The van der Waals surface area contributed by atoms with E-state index in [-0.39, 0.29) is 0 Å². The van der Waals surface area contributed by atoms with Crippen molar-refractivity contribution >= 4 is 5.82 Å². The van der Waals surface area contributed by atoms with Crippen molar-refractivity contribution in [3.05, 3.63) is 18.1 Å². The number of nitrogens with one attached hydrogen (secondary N) is 1. The third-order valence-corrected chi connectivity index (χ3v) is 3.47. The molecule has 0 radical (unpaired) electrons. The lowest BCUT2D eigenvalue weighted by atomic mass is 9.95. The molecule has 2 heterocycles. The summed E-state index contributed by atoms with van der Waals surface area (Å²) in [5, 5.41) is 3.36. The molecule has 0 aliphatic carbocycles. The maximum atomic E-state index is 5.52. The van der Waals surface area contributed by atoms with Crippen molar-refractivity contribution in [2.45, 2.75) is 25.8 Å². The van der Waals surface area contributed by atoms with Crippen LogP contribution in [0.25, 0.3) is 0 Å². The van der Waals surface area contributed by atoms with Gasteiger partial charge in [-0.25, -0.2) is 9.97 Å². The molecular formula is C13H23N5. The molecule has 2 rings (SSSR count). The van der Waals surface area contributed by atoms with Crippen molar-refractivity contribution in [3.63, 3.8) is 0 Å². The summed E-state index contributed by atoms with van der Waals surface area (Å²) in [5.74, 6) is 2.39. The highest BCUT2D eigenvalue weighted by atomic mass is 15.1. The Bertz CT molecular complexity index is 368. The Morgan fingerprint density at radius 1 is 1.56 bits per heavy atom. The first-order valence-electron chi connectivity index (χ1n) is 6.72. The van der Waals surface area contributed by atoms with Gasteiger partial charge in [-0.1, -0.05) is 0 Å². The molecule has 3 N–H and O–H groups in total. The van der Waals surface area contributed by atoms with E-state index in [0.29, 0.717) is 12.4 Å². The number of likely N-dealkylation sites (tertiary alicyclic amines) is 1. The summed E-state index contributed by atoms with van der Waals surface area (Å²) in [6, 6.07) is 1.89. The van der Waals surface area contributed by atoms with Gasteiger partial charge in [0.25, 0.3) is 0 Å². The summed E-state index contributed by atoms with van der Waals surface area (Å²) in [6.07, 6.45) is 5.63. The third-order valence-electron chi connectivity index (χ3n) is 3.47. The standard InChI is InChI=1S/C13H23N5/c1-18-8-2-3-11(10-18)4-6-15-12-5-7-16-13(9-14)17-12/h5,7,11H,2-4,6,8-10,14H2,1H3,(H,15,16,17). The van der Waals surface area contributed by atoms with Crippen LogP contribution >= 0.6 is 0 Å². The molecule has 1 aromatic rings. The molecule has 0 aromatic carbocycles. The molecule has 1 unspecified atom stereocenters. The van der Waals surface area contributed by atoms with Crippen LogP contribution in [-0.2, 0) is 6.54 Å². The van der Waals surface area contributed by atoms with Crippen molar-refractivity contribution in [3.8, 4) is 0 Å². The second kappa shape index (κ2) is 6.66. The average molecular weight is 249 g/mol. The molecular weight excluding hydrogens is 226 g/mol. The maximum absolute atomic E-state index is 5.52. The lowest BCUT2D eigenvalue weighted by molar-refractivity contribution is 0.205. The first-order chi connectivity index (χ1) is 8.78. The van der Waals surface area contributed by atoms with Crippen molar-refractivity contribution in [1.29, 1.82) is 0 Å². The zero-order valence-electron chi connectivity index (χ0n) is 11.1. The topological polar surface area (TPSA) is 67.1 Å². The van der Waals surface area contributed by atoms with E-state index in [1.54, 1.807) is 6.20 Å². The van der Waals surface area contributed by atoms with Crippen LogP contribution in [0.5, 0.6) is 0 Å². The van der Waals surface area contributed by atoms with E-state index in [2.05, 4.69) is 27.2 Å². The molecule has 18 heavy (non-hydrogen) atoms. The molecule has 1 aromatic heterocycles. The third kappa shape index (κ3) is 3.92. The van der Waals surface area contributed by atoms with Gasteiger partial charge in [0.15, 0.2) is 0 Å². The minimum atomic E-state index is 0.392. The second-order valence-electron chi connectivity index (χ2n) is 5.05. The molecule has 1 aliphatic heterocycles. The highest BCUT2D eigenvalue weighted by Gasteiger charge is 2.16. The fraction of sp³-hybridized carbons (Fsp3) is 0.692. The number of nitrogens with two attached hydrogens (primary N) is 1. The Kier molecular flexibility index (Phi) is 4.90. The minimum absolute atomic E-state index is 0.392. The van der Waals surface area contributed by atoms with Crippen LogP contribution in [0.2, 0.25) is 0 Å². The number of anilines is 1. The summed E-state index contributed by atoms with van der Waals surface area (Å²) in [5.41, 5.74) is 5.52. The van der Waals surface area contributed by atoms with Gasteiger partial charge in [-0.2, -0.15) is 0 Å². The van der Waals surface area contributed by atoms with Gasteiger partial charge in [-0.15, -0.1) is 0 Å². The molecule has 5 heteroatoms. The molecule has 1 fully saturated rings. The van der Waals surface area contributed by atoms with Gasteiger partial charge in [-0.3, -0.25) is 0 Å². The average Bonchev–Trinajstić information content (AvgIpc) is 2.39. The quantitative estimate of drug-likeness (QED) is 0.817. The predicted octanol–water partition coefficient (Wildman–Crippen LogP) is 1.08. The lowest BCUT2D eigenvalue weighted by Gasteiger charge is -2.29. The predicted molar refractivity (Wildman–Crippen MR) is 73.3 cm³/mol. The zero-order chi connectivity index (χ0) is 12.8. The summed E-state index contributed by atoms with van der Waals surface area (Å²) < 4.78 is 0. The van der Waals surface area contributed by atoms with Crippen LogP contribution < -0.4 is 11.1 Å². The van der Waals surface area contributed by atoms with Gasteiger partial charge < -0.3 is 16.0 Å². The van der Waals surface area contributed by atoms with Crippen LogP contribution in [-0.4, -0.2) is 41.5 Å². The van der Waals surface area contributed by atoms with Gasteiger partial charge >= 0.3 is 0 Å². The minimum Gasteiger partial charge on any atom is -0.370 e. The molecule has 0 bridgehead atoms. The maximum Gasteiger partial charge on any atom is 0.144 e. The fourth-order valence-electron chi connectivity index (χ4n) is 2.51. The summed E-state index contributed by atoms with van der Waals surface area (Å²) in [6.45, 7) is 3.83. The fourth-order valence-corrected chi connectivity index (χ4v) is 2.51. The smallest absolute Gasteiger partial charge is 0.144 e. The Morgan fingerprint density at radius 3 is 3.22 bits per heavy atom. The molecule has 5 nitrogen and oxygen atoms in total. The monoisotopic (exact) mass is 249 g/mol. The lowest BCUT2D eigenvalue weighted by Crippen LogP contribution is -2.32. The van der Waals surface area contributed by atoms with Crippen LogP contribution in [0.4, 0.5) is 5.82 Å². The molecule has 1 saturated heterocycles. The number of rotatable bonds is 5. The molecule has 0 amide bonds. The van der Waals surface area contributed by atoms with Crippen LogP contribution in [0, 0.1) is 5.92 Å². The van der Waals surface area contributed by atoms with Gasteiger partial charge in [0.2, 0.25) is 0 Å². The number of nitrogens with zero attached hydrogens (tertiary/aromatic N) is 3. The SMILES string of the molecule is CN1CCCC(CCNc2ccnc(CN)n2)C1. The van der Waals surface area contributed by atoms with E-state index in [1.807, 2.05) is 6.07 Å². The van der Waals surface area contributed by atoms with E-state index in [4.69, 9.17) is 5.73 Å². The number of hydrogen-bond acceptors (Lipinski definition) is 5. The molecule has 100 valence electrons. The molecule has 1 atom stereocenters. The zero-order valence-corrected chi connectivity index (χ0v) is 11.1. The number of aromatic nitrogens is 2. The first kappa shape index (κ1) is 13.2. The summed E-state index contributed by atoms with van der Waals surface area (Å²) in [7, 11) is 2.21. The Balaban J connectivity index is 1.74. The molecule has 1 aliphatic rings. The molecule has 0 spiro atoms. The van der Waals surface area contributed by atoms with Crippen molar-refractivity contribution in [2.24, 2.45) is 11.7 Å². The van der Waals surface area contributed by atoms with E-state index in [9.17, 15) is 0 Å². The van der Waals surface area contributed by atoms with Crippen LogP contribution in [0.15, 0.2) is 12.3 Å². The number of hydrogen-bond donors (Lipinski definition) is 2. The van der Waals surface area contributed by atoms with Crippen molar-refractivity contribution in [2.75, 3.05) is 32.0 Å². The Hall–Kier alpha value is -1.20. The van der Waals surface area contributed by atoms with Crippen molar-refractivity contribution < 1.29 is 0 Å². The van der Waals surface area contributed by atoms with E-state index >= 15 is 0 Å². The largest absolute Gasteiger partial charge is 0.370 e. The highest BCUT2D eigenvalue weighted by Crippen LogP contribution is 2.18. The van der Waals surface area contributed by atoms with E-state index in [1.165, 1.54) is 32.4 Å². The van der Waals surface area contributed by atoms with Crippen LogP contribution in [0.3, 0.4) is 0 Å². The molecule has 0 saturated carbocycles. The van der Waals surface area contributed by atoms with E-state index in [0.717, 1.165) is 18.3 Å². The number of piperidine rings is 1. The Labute approximate surface area is 109 Å². The normalized spacial score (nSPS) is 20.9. The second-order valence-corrected chi connectivity index (χ2v) is 5.05. The van der Waals surface area contributed by atoms with Gasteiger partial charge in [0.05, 0.1) is 6.54 Å². The first-order valence-corrected chi connectivity index (χ1v) is 6.72. The Morgan fingerprint density at radius 2 is 2.44 bits per heavy atom. The summed E-state index contributed by atoms with van der Waals surface area (Å²) >= 11 is 0. The highest BCUT2D eigenvalue weighted by molar-refractivity contribution is 5.32. The van der Waals surface area contributed by atoms with E-state index < -0.39 is 0 Å². The van der Waals surface area contributed by atoms with Crippen molar-refractivity contribution in [1.82, 2.24) is 14.9 Å².